The van der Waals surface area contributed by atoms with Crippen LogP contribution in [0, 0.1) is 0 Å². The van der Waals surface area contributed by atoms with Gasteiger partial charge in [-0.05, 0) is 19.8 Å². The van der Waals surface area contributed by atoms with Crippen molar-refractivity contribution < 1.29 is 0 Å². The Morgan fingerprint density at radius 3 is 3.22 bits per heavy atom. The zero-order valence-electron chi connectivity index (χ0n) is 5.52. The molecule has 0 amide bonds. The lowest BCUT2D eigenvalue weighted by molar-refractivity contribution is 0.982. The van der Waals surface area contributed by atoms with Crippen LogP contribution in [0.25, 0.3) is 0 Å². The van der Waals surface area contributed by atoms with Crippen LogP contribution in [0.1, 0.15) is 19.8 Å². The number of nitrogens with one attached hydrogen (secondary N) is 1. The topological polar surface area (TPSA) is 12.0 Å². The largest absolute Gasteiger partial charge is 0.357 e. The molecule has 50 valence electrons. The lowest BCUT2D eigenvalue weighted by atomic mass is 10.2. The molecule has 0 spiro atoms. The number of hydrogen-bond acceptors (Lipinski definition) is 2. The van der Waals surface area contributed by atoms with Crippen molar-refractivity contribution >= 4 is 12.6 Å². The van der Waals surface area contributed by atoms with E-state index in [0.29, 0.717) is 0 Å². The molecule has 9 heavy (non-hydrogen) atoms. The molecule has 0 radical (unpaired) electrons. The summed E-state index contributed by atoms with van der Waals surface area (Å²) in [4.78, 5) is 0. The predicted octanol–water partition coefficient (Wildman–Crippen LogP) is 2.04. The van der Waals surface area contributed by atoms with E-state index in [1.165, 1.54) is 5.57 Å². The zero-order valence-corrected chi connectivity index (χ0v) is 6.41. The Bertz CT molecular complexity index is 158. The summed E-state index contributed by atoms with van der Waals surface area (Å²) in [5, 5.41) is 4.02. The first-order chi connectivity index (χ1) is 4.29. The molecule has 0 aliphatic carbocycles. The van der Waals surface area contributed by atoms with E-state index in [1.54, 1.807) is 0 Å². The lowest BCUT2D eigenvalue weighted by Crippen LogP contribution is -1.97. The van der Waals surface area contributed by atoms with Crippen molar-refractivity contribution in [3.8, 4) is 0 Å². The Balaban J connectivity index is 2.58. The normalized spacial score (nSPS) is 19.3. The number of hydrogen-bond donors (Lipinski definition) is 2. The van der Waals surface area contributed by atoms with Crippen LogP contribution in [0.3, 0.4) is 0 Å². The molecule has 0 fully saturated rings. The molecule has 0 aromatic heterocycles. The smallest absolute Gasteiger partial charge is 0.0649 e. The fourth-order valence-corrected chi connectivity index (χ4v) is 0.958. The highest BCUT2D eigenvalue weighted by Crippen LogP contribution is 2.10. The van der Waals surface area contributed by atoms with Crippen LogP contribution in [0.4, 0.5) is 0 Å². The molecule has 0 aromatic carbocycles. The number of rotatable bonds is 0. The van der Waals surface area contributed by atoms with Crippen LogP contribution in [0.5, 0.6) is 0 Å². The van der Waals surface area contributed by atoms with Gasteiger partial charge < -0.3 is 5.32 Å². The van der Waals surface area contributed by atoms with Gasteiger partial charge >= 0.3 is 0 Å². The van der Waals surface area contributed by atoms with Crippen molar-refractivity contribution in [3.05, 3.63) is 22.9 Å². The third-order valence-corrected chi connectivity index (χ3v) is 1.65. The maximum atomic E-state index is 4.18. The first-order valence-corrected chi connectivity index (χ1v) is 3.55. The van der Waals surface area contributed by atoms with Gasteiger partial charge in [-0.2, -0.15) is 0 Å². The minimum absolute atomic E-state index is 0.965. The molecule has 1 N–H and O–H groups in total. The molecule has 1 aliphatic rings. The lowest BCUT2D eigenvalue weighted by Gasteiger charge is -1.94. The monoisotopic (exact) mass is 141 g/mol. The summed E-state index contributed by atoms with van der Waals surface area (Å²) < 4.78 is 0. The second kappa shape index (κ2) is 2.97. The summed E-state index contributed by atoms with van der Waals surface area (Å²) in [6.45, 7) is 2.12. The van der Waals surface area contributed by atoms with Crippen molar-refractivity contribution in [2.24, 2.45) is 0 Å². The standard InChI is InChI=1S/C7H11NS/c1-6-3-2-4-7(9)8-5-6/h4-5,8-9H,2-3H2,1H3. The summed E-state index contributed by atoms with van der Waals surface area (Å²) in [7, 11) is 0. The fourth-order valence-electron chi connectivity index (χ4n) is 0.765. The van der Waals surface area contributed by atoms with Crippen LogP contribution in [0.15, 0.2) is 22.9 Å². The van der Waals surface area contributed by atoms with Gasteiger partial charge in [-0.1, -0.05) is 11.6 Å². The molecule has 0 saturated carbocycles. The molecule has 0 aromatic rings. The predicted molar refractivity (Wildman–Crippen MR) is 43.2 cm³/mol. The van der Waals surface area contributed by atoms with Gasteiger partial charge in [0, 0.05) is 6.20 Å². The van der Waals surface area contributed by atoms with E-state index < -0.39 is 0 Å². The third-order valence-electron chi connectivity index (χ3n) is 1.34. The SMILES string of the molecule is CC1=CNC(S)=CCC1. The number of allylic oxidation sites excluding steroid dienone is 2. The average molecular weight is 141 g/mol. The van der Waals surface area contributed by atoms with Crippen LogP contribution in [0.2, 0.25) is 0 Å². The zero-order chi connectivity index (χ0) is 6.69. The van der Waals surface area contributed by atoms with E-state index in [0.717, 1.165) is 17.9 Å². The van der Waals surface area contributed by atoms with Crippen LogP contribution < -0.4 is 5.32 Å². The van der Waals surface area contributed by atoms with E-state index in [1.807, 2.05) is 6.20 Å². The molecular weight excluding hydrogens is 130 g/mol. The molecule has 0 bridgehead atoms. The molecule has 1 heterocycles. The molecule has 0 saturated heterocycles. The molecule has 1 nitrogen and oxygen atoms in total. The van der Waals surface area contributed by atoms with Gasteiger partial charge in [-0.15, -0.1) is 12.6 Å². The van der Waals surface area contributed by atoms with Crippen molar-refractivity contribution in [2.75, 3.05) is 0 Å². The molecule has 1 aliphatic heterocycles. The summed E-state index contributed by atoms with van der Waals surface area (Å²) in [6.07, 6.45) is 6.35. The quantitative estimate of drug-likeness (QED) is 0.492. The average Bonchev–Trinajstić information content (AvgIpc) is 1.97. The van der Waals surface area contributed by atoms with Gasteiger partial charge in [0.15, 0.2) is 0 Å². The van der Waals surface area contributed by atoms with Gasteiger partial charge in [-0.25, -0.2) is 0 Å². The summed E-state index contributed by atoms with van der Waals surface area (Å²) in [5.41, 5.74) is 1.38. The first kappa shape index (κ1) is 6.75. The summed E-state index contributed by atoms with van der Waals surface area (Å²) in [6, 6.07) is 0. The highest BCUT2D eigenvalue weighted by atomic mass is 32.1. The Morgan fingerprint density at radius 2 is 2.44 bits per heavy atom. The van der Waals surface area contributed by atoms with Crippen molar-refractivity contribution in [3.63, 3.8) is 0 Å². The molecule has 0 atom stereocenters. The van der Waals surface area contributed by atoms with Gasteiger partial charge in [0.2, 0.25) is 0 Å². The Hall–Kier alpha value is -0.370. The highest BCUT2D eigenvalue weighted by molar-refractivity contribution is 7.84. The van der Waals surface area contributed by atoms with Crippen molar-refractivity contribution in [1.29, 1.82) is 0 Å². The van der Waals surface area contributed by atoms with Gasteiger partial charge in [0.25, 0.3) is 0 Å². The van der Waals surface area contributed by atoms with E-state index in [9.17, 15) is 0 Å². The van der Waals surface area contributed by atoms with Crippen LogP contribution in [-0.4, -0.2) is 0 Å². The molecule has 2 heteroatoms. The maximum Gasteiger partial charge on any atom is 0.0649 e. The van der Waals surface area contributed by atoms with Gasteiger partial charge in [0.1, 0.15) is 0 Å². The maximum absolute atomic E-state index is 4.18. The summed E-state index contributed by atoms with van der Waals surface area (Å²) in [5.74, 6) is 0. The van der Waals surface area contributed by atoms with E-state index in [-0.39, 0.29) is 0 Å². The molecule has 0 unspecified atom stereocenters. The van der Waals surface area contributed by atoms with E-state index in [2.05, 4.69) is 30.9 Å². The van der Waals surface area contributed by atoms with E-state index >= 15 is 0 Å². The minimum atomic E-state index is 0.965. The molecule has 1 rings (SSSR count). The van der Waals surface area contributed by atoms with Gasteiger partial charge in [-0.3, -0.25) is 0 Å². The minimum Gasteiger partial charge on any atom is -0.357 e. The van der Waals surface area contributed by atoms with Crippen LogP contribution >= 0.6 is 12.6 Å². The first-order valence-electron chi connectivity index (χ1n) is 3.10. The Morgan fingerprint density at radius 1 is 1.67 bits per heavy atom. The highest BCUT2D eigenvalue weighted by Gasteiger charge is 1.94. The van der Waals surface area contributed by atoms with E-state index in [4.69, 9.17) is 0 Å². The van der Waals surface area contributed by atoms with Crippen LogP contribution in [-0.2, 0) is 0 Å². The Labute approximate surface area is 61.2 Å². The summed E-state index contributed by atoms with van der Waals surface area (Å²) >= 11 is 4.18. The van der Waals surface area contributed by atoms with Crippen molar-refractivity contribution in [2.45, 2.75) is 19.8 Å². The second-order valence-electron chi connectivity index (χ2n) is 2.26. The second-order valence-corrected chi connectivity index (χ2v) is 2.74. The number of thiol groups is 1. The fraction of sp³-hybridized carbons (Fsp3) is 0.429. The third kappa shape index (κ3) is 2.14. The van der Waals surface area contributed by atoms with Crippen molar-refractivity contribution in [1.82, 2.24) is 5.32 Å². The van der Waals surface area contributed by atoms with Gasteiger partial charge in [0.05, 0.1) is 5.03 Å². The molecular formula is C7H11NS. The Kier molecular flexibility index (Phi) is 2.22.